The largest absolute Gasteiger partial charge is 0.389 e. The van der Waals surface area contributed by atoms with E-state index in [0.29, 0.717) is 17.0 Å². The van der Waals surface area contributed by atoms with Gasteiger partial charge in [0.1, 0.15) is 4.99 Å². The zero-order valence-corrected chi connectivity index (χ0v) is 14.2. The molecule has 112 valence electrons. The average molecular weight is 333 g/mol. The fourth-order valence-corrected chi connectivity index (χ4v) is 3.55. The second kappa shape index (κ2) is 7.97. The first kappa shape index (κ1) is 17.4. The summed E-state index contributed by atoms with van der Waals surface area (Å²) >= 11 is 6.59. The maximum atomic E-state index is 12.2. The molecule has 0 spiro atoms. The van der Waals surface area contributed by atoms with Crippen LogP contribution in [0.4, 0.5) is 0 Å². The molecule has 4 nitrogen and oxygen atoms in total. The fraction of sp³-hybridized carbons (Fsp3) is 0.462. The van der Waals surface area contributed by atoms with Crippen molar-refractivity contribution in [3.8, 4) is 0 Å². The van der Waals surface area contributed by atoms with E-state index in [0.717, 1.165) is 12.3 Å². The Hall–Kier alpha value is -0.630. The molecule has 1 aromatic rings. The highest BCUT2D eigenvalue weighted by Gasteiger charge is 2.15. The van der Waals surface area contributed by atoms with Crippen molar-refractivity contribution in [2.24, 2.45) is 5.73 Å². The maximum absolute atomic E-state index is 12.2. The predicted molar refractivity (Wildman–Crippen MR) is 90.3 cm³/mol. The molecule has 2 N–H and O–H groups in total. The lowest BCUT2D eigenvalue weighted by Gasteiger charge is -2.15. The van der Waals surface area contributed by atoms with Gasteiger partial charge in [-0.15, -0.1) is 0 Å². The lowest BCUT2D eigenvalue weighted by atomic mass is 10.2. The Balaban J connectivity index is 2.66. The van der Waals surface area contributed by atoms with Crippen LogP contribution in [0.1, 0.15) is 5.56 Å². The summed E-state index contributed by atoms with van der Waals surface area (Å²) in [5.41, 5.74) is 6.17. The van der Waals surface area contributed by atoms with Gasteiger partial charge in [-0.05, 0) is 25.4 Å². The van der Waals surface area contributed by atoms with Crippen molar-refractivity contribution in [3.63, 3.8) is 0 Å². The molecule has 0 saturated heterocycles. The van der Waals surface area contributed by atoms with Gasteiger partial charge in [0.2, 0.25) is 0 Å². The highest BCUT2D eigenvalue weighted by Crippen LogP contribution is 2.13. The van der Waals surface area contributed by atoms with Gasteiger partial charge in [-0.25, -0.2) is 8.42 Å². The minimum atomic E-state index is -3.26. The van der Waals surface area contributed by atoms with E-state index >= 15 is 0 Å². The molecule has 20 heavy (non-hydrogen) atoms. The predicted octanol–water partition coefficient (Wildman–Crippen LogP) is 1.39. The molecule has 0 aliphatic carbocycles. The third-order valence-electron chi connectivity index (χ3n) is 2.92. The van der Waals surface area contributed by atoms with Crippen LogP contribution in [0.2, 0.25) is 0 Å². The molecule has 0 atom stereocenters. The summed E-state index contributed by atoms with van der Waals surface area (Å²) in [6.45, 7) is 1.41. The Labute approximate surface area is 130 Å². The summed E-state index contributed by atoms with van der Waals surface area (Å²) in [5.74, 6) is 1.11. The zero-order valence-electron chi connectivity index (χ0n) is 11.7. The van der Waals surface area contributed by atoms with Gasteiger partial charge in [0.15, 0.2) is 9.84 Å². The molecule has 0 bridgehead atoms. The van der Waals surface area contributed by atoms with E-state index in [2.05, 4.69) is 0 Å². The van der Waals surface area contributed by atoms with Crippen molar-refractivity contribution in [2.75, 3.05) is 37.9 Å². The first-order valence-electron chi connectivity index (χ1n) is 6.17. The van der Waals surface area contributed by atoms with Crippen molar-refractivity contribution in [1.82, 2.24) is 4.90 Å². The lowest BCUT2D eigenvalue weighted by Crippen LogP contribution is -2.27. The summed E-state index contributed by atoms with van der Waals surface area (Å²) in [4.78, 5) is 2.61. The molecular weight excluding hydrogens is 312 g/mol. The van der Waals surface area contributed by atoms with Gasteiger partial charge < -0.3 is 10.6 Å². The molecule has 0 aliphatic rings. The highest BCUT2D eigenvalue weighted by molar-refractivity contribution is 7.98. The number of nitrogens with zero attached hydrogens (tertiary/aromatic N) is 1. The summed E-state index contributed by atoms with van der Waals surface area (Å²) < 4.78 is 24.4. The summed E-state index contributed by atoms with van der Waals surface area (Å²) in [6, 6.07) is 6.41. The number of thiocarbonyl (C=S) groups is 1. The van der Waals surface area contributed by atoms with Crippen LogP contribution in [0, 0.1) is 0 Å². The van der Waals surface area contributed by atoms with Gasteiger partial charge in [0.25, 0.3) is 0 Å². The molecule has 0 aliphatic heterocycles. The van der Waals surface area contributed by atoms with Crippen molar-refractivity contribution in [1.29, 1.82) is 0 Å². The molecule has 0 saturated carbocycles. The van der Waals surface area contributed by atoms with Crippen molar-refractivity contribution in [2.45, 2.75) is 4.90 Å². The van der Waals surface area contributed by atoms with Crippen LogP contribution in [-0.4, -0.2) is 56.2 Å². The first-order chi connectivity index (χ1) is 9.36. The SMILES string of the molecule is CSCCN(C)CCS(=O)(=O)c1ccc(C(N)=S)cc1. The fourth-order valence-electron chi connectivity index (χ4n) is 1.58. The number of nitrogens with two attached hydrogens (primary N) is 1. The van der Waals surface area contributed by atoms with Crippen molar-refractivity contribution >= 4 is 38.8 Å². The van der Waals surface area contributed by atoms with E-state index in [-0.39, 0.29) is 10.7 Å². The summed E-state index contributed by atoms with van der Waals surface area (Å²) in [6.07, 6.45) is 2.04. The van der Waals surface area contributed by atoms with Crippen LogP contribution in [0.25, 0.3) is 0 Å². The van der Waals surface area contributed by atoms with E-state index in [1.54, 1.807) is 36.0 Å². The minimum absolute atomic E-state index is 0.115. The van der Waals surface area contributed by atoms with Crippen LogP contribution in [0.3, 0.4) is 0 Å². The second-order valence-corrected chi connectivity index (χ2v) is 8.04. The molecule has 0 heterocycles. The zero-order chi connectivity index (χ0) is 15.2. The number of benzene rings is 1. The Morgan fingerprint density at radius 2 is 1.90 bits per heavy atom. The molecule has 1 aromatic carbocycles. The number of hydrogen-bond donors (Lipinski definition) is 1. The number of hydrogen-bond acceptors (Lipinski definition) is 5. The standard InChI is InChI=1S/C13H20N2O2S3/c1-15(7-9-19-2)8-10-20(16,17)12-5-3-11(4-6-12)13(14)18/h3-6H,7-10H2,1-2H3,(H2,14,18). The van der Waals surface area contributed by atoms with Gasteiger partial charge in [0.05, 0.1) is 10.6 Å². The van der Waals surface area contributed by atoms with E-state index in [1.807, 2.05) is 18.2 Å². The second-order valence-electron chi connectivity index (χ2n) is 4.50. The van der Waals surface area contributed by atoms with Crippen molar-refractivity contribution < 1.29 is 8.42 Å². The number of sulfone groups is 1. The van der Waals surface area contributed by atoms with Crippen LogP contribution >= 0.6 is 24.0 Å². The Bertz CT molecular complexity index is 541. The van der Waals surface area contributed by atoms with Crippen LogP contribution in [0.15, 0.2) is 29.2 Å². The number of thioether (sulfide) groups is 1. The van der Waals surface area contributed by atoms with Crippen LogP contribution in [-0.2, 0) is 9.84 Å². The van der Waals surface area contributed by atoms with E-state index in [4.69, 9.17) is 18.0 Å². The van der Waals surface area contributed by atoms with E-state index in [1.165, 1.54) is 0 Å². The first-order valence-corrected chi connectivity index (χ1v) is 9.62. The maximum Gasteiger partial charge on any atom is 0.179 e. The normalized spacial score (nSPS) is 11.8. The van der Waals surface area contributed by atoms with Crippen LogP contribution < -0.4 is 5.73 Å². The molecule has 7 heteroatoms. The Morgan fingerprint density at radius 3 is 2.40 bits per heavy atom. The topological polar surface area (TPSA) is 63.4 Å². The molecule has 0 fully saturated rings. The lowest BCUT2D eigenvalue weighted by molar-refractivity contribution is 0.376. The van der Waals surface area contributed by atoms with E-state index < -0.39 is 9.84 Å². The third-order valence-corrected chi connectivity index (χ3v) is 5.45. The quantitative estimate of drug-likeness (QED) is 0.726. The van der Waals surface area contributed by atoms with Gasteiger partial charge in [-0.1, -0.05) is 24.4 Å². The highest BCUT2D eigenvalue weighted by atomic mass is 32.2. The minimum Gasteiger partial charge on any atom is -0.389 e. The smallest absolute Gasteiger partial charge is 0.179 e. The summed E-state index contributed by atoms with van der Waals surface area (Å²) in [7, 11) is -1.32. The Morgan fingerprint density at radius 1 is 1.30 bits per heavy atom. The Kier molecular flexibility index (Phi) is 6.94. The third kappa shape index (κ3) is 5.40. The van der Waals surface area contributed by atoms with Gasteiger partial charge in [0, 0.05) is 24.4 Å². The summed E-state index contributed by atoms with van der Waals surface area (Å²) in [5, 5.41) is 0. The van der Waals surface area contributed by atoms with E-state index in [9.17, 15) is 8.42 Å². The molecule has 0 amide bonds. The average Bonchev–Trinajstić information content (AvgIpc) is 2.43. The van der Waals surface area contributed by atoms with Gasteiger partial charge in [-0.2, -0.15) is 11.8 Å². The van der Waals surface area contributed by atoms with Crippen LogP contribution in [0.5, 0.6) is 0 Å². The van der Waals surface area contributed by atoms with Gasteiger partial charge in [-0.3, -0.25) is 0 Å². The number of rotatable bonds is 8. The molecule has 0 aromatic heterocycles. The molecule has 1 rings (SSSR count). The monoisotopic (exact) mass is 332 g/mol. The van der Waals surface area contributed by atoms with Crippen molar-refractivity contribution in [3.05, 3.63) is 29.8 Å². The molecular formula is C13H20N2O2S3. The molecule has 0 unspecified atom stereocenters. The molecule has 0 radical (unpaired) electrons. The van der Waals surface area contributed by atoms with Gasteiger partial charge >= 0.3 is 0 Å².